The molecule has 0 atom stereocenters. The summed E-state index contributed by atoms with van der Waals surface area (Å²) < 4.78 is 12.2. The van der Waals surface area contributed by atoms with Gasteiger partial charge in [0.15, 0.2) is 11.0 Å². The number of esters is 1. The number of carbonyl (C=O) groups excluding carboxylic acids is 1. The molecule has 23 heavy (non-hydrogen) atoms. The second-order valence-electron chi connectivity index (χ2n) is 4.76. The molecule has 0 fully saturated rings. The fourth-order valence-electron chi connectivity index (χ4n) is 1.81. The first-order valence-corrected chi connectivity index (χ1v) is 8.04. The fourth-order valence-corrected chi connectivity index (χ4v) is 2.61. The second kappa shape index (κ2) is 8.38. The van der Waals surface area contributed by atoms with Crippen LogP contribution in [-0.2, 0) is 22.7 Å². The van der Waals surface area contributed by atoms with Gasteiger partial charge in [-0.25, -0.2) is 0 Å². The summed E-state index contributed by atoms with van der Waals surface area (Å²) in [5, 5.41) is 8.88. The Kier molecular flexibility index (Phi) is 6.22. The molecule has 1 heterocycles. The van der Waals surface area contributed by atoms with Gasteiger partial charge in [0.25, 0.3) is 0 Å². The number of nitrogens with zero attached hydrogens (tertiary/aromatic N) is 3. The van der Waals surface area contributed by atoms with Crippen LogP contribution in [0.4, 0.5) is 0 Å². The average Bonchev–Trinajstić information content (AvgIpc) is 2.94. The zero-order valence-electron chi connectivity index (χ0n) is 13.2. The molecule has 1 aromatic carbocycles. The Morgan fingerprint density at radius 3 is 2.74 bits per heavy atom. The SMILES string of the molecule is C=CCn1c(COc2ccc(C)cc2)nnc1SCC(=O)OC. The van der Waals surface area contributed by atoms with Crippen molar-refractivity contribution in [3.8, 4) is 5.75 Å². The number of hydrogen-bond acceptors (Lipinski definition) is 6. The van der Waals surface area contributed by atoms with Crippen LogP contribution < -0.4 is 4.74 Å². The number of allylic oxidation sites excluding steroid dienone is 1. The van der Waals surface area contributed by atoms with Crippen molar-refractivity contribution in [2.75, 3.05) is 12.9 Å². The first-order valence-electron chi connectivity index (χ1n) is 7.06. The summed E-state index contributed by atoms with van der Waals surface area (Å²) >= 11 is 1.28. The number of benzene rings is 1. The summed E-state index contributed by atoms with van der Waals surface area (Å²) in [7, 11) is 1.36. The van der Waals surface area contributed by atoms with Gasteiger partial charge in [-0.2, -0.15) is 0 Å². The molecular formula is C16H19N3O3S. The van der Waals surface area contributed by atoms with Gasteiger partial charge in [-0.1, -0.05) is 35.5 Å². The van der Waals surface area contributed by atoms with E-state index < -0.39 is 0 Å². The smallest absolute Gasteiger partial charge is 0.316 e. The van der Waals surface area contributed by atoms with Crippen molar-refractivity contribution >= 4 is 17.7 Å². The van der Waals surface area contributed by atoms with Gasteiger partial charge in [-0.05, 0) is 19.1 Å². The molecule has 0 unspecified atom stereocenters. The highest BCUT2D eigenvalue weighted by Crippen LogP contribution is 2.19. The van der Waals surface area contributed by atoms with Crippen molar-refractivity contribution in [3.05, 3.63) is 48.3 Å². The molecule has 0 saturated heterocycles. The van der Waals surface area contributed by atoms with Crippen molar-refractivity contribution in [1.82, 2.24) is 14.8 Å². The van der Waals surface area contributed by atoms with Crippen molar-refractivity contribution in [3.63, 3.8) is 0 Å². The Bertz CT molecular complexity index is 668. The van der Waals surface area contributed by atoms with Crippen molar-refractivity contribution in [2.45, 2.75) is 25.2 Å². The first kappa shape index (κ1) is 17.1. The summed E-state index contributed by atoms with van der Waals surface area (Å²) in [6, 6.07) is 7.80. The van der Waals surface area contributed by atoms with Gasteiger partial charge < -0.3 is 9.47 Å². The molecule has 6 nitrogen and oxygen atoms in total. The van der Waals surface area contributed by atoms with E-state index >= 15 is 0 Å². The predicted molar refractivity (Wildman–Crippen MR) is 88.5 cm³/mol. The molecule has 2 aromatic rings. The minimum atomic E-state index is -0.305. The molecule has 122 valence electrons. The van der Waals surface area contributed by atoms with Crippen LogP contribution in [-0.4, -0.2) is 33.6 Å². The molecule has 0 saturated carbocycles. The second-order valence-corrected chi connectivity index (χ2v) is 5.71. The van der Waals surface area contributed by atoms with E-state index in [0.717, 1.165) is 5.75 Å². The van der Waals surface area contributed by atoms with E-state index in [0.29, 0.717) is 24.1 Å². The quantitative estimate of drug-likeness (QED) is 0.420. The number of ether oxygens (including phenoxy) is 2. The maximum absolute atomic E-state index is 11.3. The lowest BCUT2D eigenvalue weighted by atomic mass is 10.2. The van der Waals surface area contributed by atoms with Gasteiger partial charge in [0.1, 0.15) is 12.4 Å². The third-order valence-corrected chi connectivity index (χ3v) is 3.98. The standard InChI is InChI=1S/C16H19N3O3S/c1-4-9-19-14(10-22-13-7-5-12(2)6-8-13)17-18-16(19)23-11-15(20)21-3/h4-8H,1,9-11H2,2-3H3. The summed E-state index contributed by atoms with van der Waals surface area (Å²) in [5.41, 5.74) is 1.17. The minimum Gasteiger partial charge on any atom is -0.486 e. The molecule has 7 heteroatoms. The highest BCUT2D eigenvalue weighted by molar-refractivity contribution is 7.99. The normalized spacial score (nSPS) is 10.3. The lowest BCUT2D eigenvalue weighted by Crippen LogP contribution is -2.09. The Labute approximate surface area is 139 Å². The van der Waals surface area contributed by atoms with Gasteiger partial charge >= 0.3 is 5.97 Å². The number of hydrogen-bond donors (Lipinski definition) is 0. The third kappa shape index (κ3) is 4.85. The minimum absolute atomic E-state index is 0.185. The summed E-state index contributed by atoms with van der Waals surface area (Å²) in [6.07, 6.45) is 1.75. The summed E-state index contributed by atoms with van der Waals surface area (Å²) in [5.74, 6) is 1.33. The Hall–Kier alpha value is -2.28. The summed E-state index contributed by atoms with van der Waals surface area (Å²) in [6.45, 7) is 6.60. The van der Waals surface area contributed by atoms with Crippen molar-refractivity contribution in [1.29, 1.82) is 0 Å². The van der Waals surface area contributed by atoms with Gasteiger partial charge in [-0.3, -0.25) is 9.36 Å². The van der Waals surface area contributed by atoms with E-state index in [-0.39, 0.29) is 11.7 Å². The maximum Gasteiger partial charge on any atom is 0.316 e. The average molecular weight is 333 g/mol. The van der Waals surface area contributed by atoms with E-state index in [1.165, 1.54) is 24.4 Å². The maximum atomic E-state index is 11.3. The van der Waals surface area contributed by atoms with Gasteiger partial charge in [0.05, 0.1) is 12.9 Å². The Balaban J connectivity index is 2.05. The lowest BCUT2D eigenvalue weighted by molar-refractivity contribution is -0.137. The number of aryl methyl sites for hydroxylation is 1. The van der Waals surface area contributed by atoms with Gasteiger partial charge in [0, 0.05) is 6.54 Å². The highest BCUT2D eigenvalue weighted by atomic mass is 32.2. The van der Waals surface area contributed by atoms with E-state index in [9.17, 15) is 4.79 Å². The molecule has 1 aromatic heterocycles. The molecule has 0 radical (unpaired) electrons. The molecule has 2 rings (SSSR count). The van der Waals surface area contributed by atoms with Crippen molar-refractivity contribution < 1.29 is 14.3 Å². The van der Waals surface area contributed by atoms with Crippen molar-refractivity contribution in [2.24, 2.45) is 0 Å². The number of aromatic nitrogens is 3. The predicted octanol–water partition coefficient (Wildman–Crippen LogP) is 2.62. The van der Waals surface area contributed by atoms with Gasteiger partial charge in [0.2, 0.25) is 0 Å². The molecular weight excluding hydrogens is 314 g/mol. The number of thioether (sulfide) groups is 1. The zero-order chi connectivity index (χ0) is 16.7. The van der Waals surface area contributed by atoms with E-state index in [1.807, 2.05) is 35.8 Å². The molecule has 0 aliphatic heterocycles. The number of rotatable bonds is 8. The van der Waals surface area contributed by atoms with Crippen LogP contribution in [0.5, 0.6) is 5.75 Å². The molecule has 0 spiro atoms. The molecule has 0 aliphatic carbocycles. The Morgan fingerprint density at radius 2 is 2.09 bits per heavy atom. The highest BCUT2D eigenvalue weighted by Gasteiger charge is 2.14. The summed E-state index contributed by atoms with van der Waals surface area (Å²) in [4.78, 5) is 11.3. The molecule has 0 bridgehead atoms. The zero-order valence-corrected chi connectivity index (χ0v) is 14.0. The van der Waals surface area contributed by atoms with E-state index in [2.05, 4.69) is 21.5 Å². The van der Waals surface area contributed by atoms with Crippen LogP contribution >= 0.6 is 11.8 Å². The topological polar surface area (TPSA) is 66.2 Å². The van der Waals surface area contributed by atoms with Crippen LogP contribution in [0.25, 0.3) is 0 Å². The number of methoxy groups -OCH3 is 1. The van der Waals surface area contributed by atoms with E-state index in [1.54, 1.807) is 6.08 Å². The fraction of sp³-hybridized carbons (Fsp3) is 0.312. The van der Waals surface area contributed by atoms with Crippen LogP contribution in [0, 0.1) is 6.92 Å². The van der Waals surface area contributed by atoms with Crippen LogP contribution in [0.15, 0.2) is 42.1 Å². The third-order valence-electron chi connectivity index (χ3n) is 3.04. The van der Waals surface area contributed by atoms with E-state index in [4.69, 9.17) is 4.74 Å². The molecule has 0 amide bonds. The van der Waals surface area contributed by atoms with Crippen LogP contribution in [0.1, 0.15) is 11.4 Å². The number of carbonyl (C=O) groups is 1. The van der Waals surface area contributed by atoms with Gasteiger partial charge in [-0.15, -0.1) is 16.8 Å². The van der Waals surface area contributed by atoms with Crippen LogP contribution in [0.2, 0.25) is 0 Å². The first-order chi connectivity index (χ1) is 11.1. The largest absolute Gasteiger partial charge is 0.486 e. The monoisotopic (exact) mass is 333 g/mol. The molecule has 0 aliphatic rings. The lowest BCUT2D eigenvalue weighted by Gasteiger charge is -2.09. The molecule has 0 N–H and O–H groups in total. The Morgan fingerprint density at radius 1 is 1.35 bits per heavy atom. The van der Waals surface area contributed by atoms with Crippen LogP contribution in [0.3, 0.4) is 0 Å².